The van der Waals surface area contributed by atoms with Crippen LogP contribution in [0.15, 0.2) is 36.5 Å². The first-order chi connectivity index (χ1) is 17.5. The Hall–Kier alpha value is -2.69. The number of hydrogen-bond donors (Lipinski definition) is 0. The van der Waals surface area contributed by atoms with Crippen LogP contribution in [0.1, 0.15) is 69.4 Å². The third kappa shape index (κ3) is 7.00. The minimum Gasteiger partial charge on any atom is -0.490 e. The third-order valence-electron chi connectivity index (χ3n) is 6.71. The summed E-state index contributed by atoms with van der Waals surface area (Å²) in [6.07, 6.45) is -2.05. The van der Waals surface area contributed by atoms with E-state index in [2.05, 4.69) is 11.9 Å². The van der Waals surface area contributed by atoms with Crippen molar-refractivity contribution in [3.63, 3.8) is 0 Å². The molecule has 11 heteroatoms. The molecule has 2 atom stereocenters. The molecule has 0 spiro atoms. The number of alkyl halides is 6. The fraction of sp³-hybridized carbons (Fsp3) is 0.577. The zero-order chi connectivity index (χ0) is 26.6. The Morgan fingerprint density at radius 3 is 2.14 bits per heavy atom. The smallest absolute Gasteiger partial charge is 0.417 e. The van der Waals surface area contributed by atoms with Gasteiger partial charge in [0, 0.05) is 37.2 Å². The summed E-state index contributed by atoms with van der Waals surface area (Å²) in [5.41, 5.74) is -1.65. The van der Waals surface area contributed by atoms with Gasteiger partial charge in [-0.15, -0.1) is 5.06 Å². The van der Waals surface area contributed by atoms with Crippen LogP contribution in [0.2, 0.25) is 0 Å². The SMILES string of the molecule is CCCCCCOc1cc(C(F)(F)F)ccc1OC1C[C@H]2CC[C@H](C1)N2Oc1ccc(C(F)(F)F)cn1. The number of benzene rings is 1. The number of hydrogen-bond acceptors (Lipinski definition) is 5. The van der Waals surface area contributed by atoms with E-state index in [0.717, 1.165) is 62.9 Å². The van der Waals surface area contributed by atoms with Gasteiger partial charge < -0.3 is 14.3 Å². The molecule has 0 unspecified atom stereocenters. The largest absolute Gasteiger partial charge is 0.490 e. The highest BCUT2D eigenvalue weighted by Gasteiger charge is 2.44. The number of aromatic nitrogens is 1. The van der Waals surface area contributed by atoms with Gasteiger partial charge in [-0.25, -0.2) is 4.98 Å². The predicted molar refractivity (Wildman–Crippen MR) is 123 cm³/mol. The molecule has 1 aromatic carbocycles. The zero-order valence-electron chi connectivity index (χ0n) is 20.4. The summed E-state index contributed by atoms with van der Waals surface area (Å²) in [5.74, 6) is 0.420. The van der Waals surface area contributed by atoms with Crippen LogP contribution in [0.4, 0.5) is 26.3 Å². The fourth-order valence-electron chi connectivity index (χ4n) is 4.82. The maximum Gasteiger partial charge on any atom is 0.417 e. The molecule has 0 saturated carbocycles. The number of pyridine rings is 1. The predicted octanol–water partition coefficient (Wildman–Crippen LogP) is 7.45. The minimum atomic E-state index is -4.49. The summed E-state index contributed by atoms with van der Waals surface area (Å²) in [6.45, 7) is 2.37. The van der Waals surface area contributed by atoms with Crippen molar-refractivity contribution in [2.45, 2.75) is 88.8 Å². The van der Waals surface area contributed by atoms with Crippen LogP contribution in [0.5, 0.6) is 17.4 Å². The second-order valence-electron chi connectivity index (χ2n) is 9.50. The van der Waals surface area contributed by atoms with Crippen molar-refractivity contribution in [2.24, 2.45) is 0 Å². The molecular formula is C26H30F6N2O3. The Bertz CT molecular complexity index is 1010. The van der Waals surface area contributed by atoms with Crippen LogP contribution in [-0.4, -0.2) is 34.8 Å². The quantitative estimate of drug-likeness (QED) is 0.235. The average molecular weight is 533 g/mol. The summed E-state index contributed by atoms with van der Waals surface area (Å²) in [4.78, 5) is 9.61. The third-order valence-corrected chi connectivity index (χ3v) is 6.71. The highest BCUT2D eigenvalue weighted by atomic mass is 19.4. The lowest BCUT2D eigenvalue weighted by Crippen LogP contribution is -2.48. The van der Waals surface area contributed by atoms with E-state index < -0.39 is 23.5 Å². The van der Waals surface area contributed by atoms with Gasteiger partial charge in [0.15, 0.2) is 11.5 Å². The van der Waals surface area contributed by atoms with E-state index in [9.17, 15) is 26.3 Å². The molecule has 0 radical (unpaired) electrons. The van der Waals surface area contributed by atoms with Gasteiger partial charge in [0.25, 0.3) is 0 Å². The van der Waals surface area contributed by atoms with E-state index in [4.69, 9.17) is 14.3 Å². The summed E-state index contributed by atoms with van der Waals surface area (Å²) < 4.78 is 90.1. The summed E-state index contributed by atoms with van der Waals surface area (Å²) in [7, 11) is 0. The minimum absolute atomic E-state index is 0.0549. The molecule has 1 aromatic heterocycles. The molecule has 0 aliphatic carbocycles. The van der Waals surface area contributed by atoms with Crippen LogP contribution in [0.25, 0.3) is 0 Å². The van der Waals surface area contributed by atoms with Gasteiger partial charge in [-0.1, -0.05) is 26.2 Å². The number of piperidine rings is 1. The summed E-state index contributed by atoms with van der Waals surface area (Å²) in [6, 6.07) is 5.29. The van der Waals surface area contributed by atoms with Crippen LogP contribution in [-0.2, 0) is 12.4 Å². The lowest BCUT2D eigenvalue weighted by Gasteiger charge is -2.37. The van der Waals surface area contributed by atoms with Crippen molar-refractivity contribution in [1.82, 2.24) is 10.0 Å². The van der Waals surface area contributed by atoms with Gasteiger partial charge >= 0.3 is 12.4 Å². The maximum atomic E-state index is 13.3. The number of hydroxylamine groups is 2. The molecule has 2 fully saturated rings. The zero-order valence-corrected chi connectivity index (χ0v) is 20.4. The van der Waals surface area contributed by atoms with Crippen molar-refractivity contribution < 1.29 is 40.7 Å². The molecule has 37 heavy (non-hydrogen) atoms. The molecule has 2 aliphatic heterocycles. The topological polar surface area (TPSA) is 43.8 Å². The Morgan fingerprint density at radius 2 is 1.54 bits per heavy atom. The monoisotopic (exact) mass is 532 g/mol. The van der Waals surface area contributed by atoms with E-state index >= 15 is 0 Å². The van der Waals surface area contributed by atoms with Crippen LogP contribution in [0, 0.1) is 0 Å². The Morgan fingerprint density at radius 1 is 0.865 bits per heavy atom. The molecule has 5 nitrogen and oxygen atoms in total. The molecule has 2 aromatic rings. The van der Waals surface area contributed by atoms with Crippen molar-refractivity contribution >= 4 is 0 Å². The fourth-order valence-corrected chi connectivity index (χ4v) is 4.82. The molecule has 204 valence electrons. The molecule has 0 amide bonds. The number of ether oxygens (including phenoxy) is 2. The first kappa shape index (κ1) is 27.3. The molecule has 3 heterocycles. The van der Waals surface area contributed by atoms with Crippen LogP contribution in [0.3, 0.4) is 0 Å². The second kappa shape index (κ2) is 11.4. The van der Waals surface area contributed by atoms with Crippen LogP contribution < -0.4 is 14.3 Å². The molecule has 2 aliphatic rings. The molecular weight excluding hydrogens is 502 g/mol. The van der Waals surface area contributed by atoms with Gasteiger partial charge in [-0.05, 0) is 43.5 Å². The number of halogens is 6. The normalized spacial score (nSPS) is 22.2. The molecule has 2 saturated heterocycles. The summed E-state index contributed by atoms with van der Waals surface area (Å²) >= 11 is 0. The van der Waals surface area contributed by atoms with Gasteiger partial charge in [-0.3, -0.25) is 0 Å². The molecule has 2 bridgehead atoms. The van der Waals surface area contributed by atoms with Crippen molar-refractivity contribution in [1.29, 1.82) is 0 Å². The first-order valence-electron chi connectivity index (χ1n) is 12.5. The highest BCUT2D eigenvalue weighted by molar-refractivity contribution is 5.44. The van der Waals surface area contributed by atoms with Crippen molar-refractivity contribution in [3.8, 4) is 17.4 Å². The molecule has 4 rings (SSSR count). The molecule has 0 N–H and O–H groups in total. The number of nitrogens with zero attached hydrogens (tertiary/aromatic N) is 2. The van der Waals surface area contributed by atoms with Gasteiger partial charge in [-0.2, -0.15) is 26.3 Å². The Balaban J connectivity index is 1.40. The van der Waals surface area contributed by atoms with E-state index in [0.29, 0.717) is 19.4 Å². The standard InChI is InChI=1S/C26H30F6N2O3/c1-2-3-4-5-12-35-23-13-17(25(27,28)29)6-10-22(23)36-21-14-19-8-9-20(15-21)34(19)37-24-11-7-18(16-33-24)26(30,31)32/h6-7,10-11,13,16,19-21H,2-5,8-9,12,14-15H2,1H3/t19-,20-/m1/s1. The maximum absolute atomic E-state index is 13.3. The number of fused-ring (bicyclic) bond motifs is 2. The first-order valence-corrected chi connectivity index (χ1v) is 12.5. The Labute approximate surface area is 211 Å². The second-order valence-corrected chi connectivity index (χ2v) is 9.50. The van der Waals surface area contributed by atoms with E-state index in [1.54, 1.807) is 5.06 Å². The van der Waals surface area contributed by atoms with Gasteiger partial charge in [0.05, 0.1) is 17.7 Å². The van der Waals surface area contributed by atoms with E-state index in [-0.39, 0.29) is 35.6 Å². The Kier molecular flexibility index (Phi) is 8.40. The highest BCUT2D eigenvalue weighted by Crippen LogP contribution is 2.41. The van der Waals surface area contributed by atoms with Crippen LogP contribution >= 0.6 is 0 Å². The van der Waals surface area contributed by atoms with Gasteiger partial charge in [0.2, 0.25) is 5.88 Å². The lowest BCUT2D eigenvalue weighted by molar-refractivity contribution is -0.143. The number of unbranched alkanes of at least 4 members (excludes halogenated alkanes) is 3. The van der Waals surface area contributed by atoms with E-state index in [1.165, 1.54) is 12.1 Å². The van der Waals surface area contributed by atoms with Crippen molar-refractivity contribution in [2.75, 3.05) is 6.61 Å². The van der Waals surface area contributed by atoms with Gasteiger partial charge in [0.1, 0.15) is 6.10 Å². The average Bonchev–Trinajstić information content (AvgIpc) is 3.06. The van der Waals surface area contributed by atoms with Crippen molar-refractivity contribution in [3.05, 3.63) is 47.7 Å². The number of rotatable bonds is 10. The lowest BCUT2D eigenvalue weighted by atomic mass is 10.0. The van der Waals surface area contributed by atoms with E-state index in [1.807, 2.05) is 0 Å². The summed E-state index contributed by atoms with van der Waals surface area (Å²) in [5, 5.41) is 1.76.